The van der Waals surface area contributed by atoms with E-state index in [0.717, 1.165) is 0 Å². The van der Waals surface area contributed by atoms with Crippen LogP contribution in [0.1, 0.15) is 10.4 Å². The number of nitrogens with one attached hydrogen (secondary N) is 2. The first-order valence-electron chi connectivity index (χ1n) is 7.95. The minimum Gasteiger partial charge on any atom is -0.489 e. The number of fused-ring (bicyclic) bond motifs is 1. The van der Waals surface area contributed by atoms with Gasteiger partial charge in [-0.25, -0.2) is 4.39 Å². The van der Waals surface area contributed by atoms with Gasteiger partial charge in [0.05, 0.1) is 13.1 Å². The summed E-state index contributed by atoms with van der Waals surface area (Å²) < 4.78 is 28.9. The van der Waals surface area contributed by atoms with Crippen LogP contribution >= 0.6 is 0 Å². The first kappa shape index (κ1) is 17.5. The van der Waals surface area contributed by atoms with Crippen LogP contribution < -0.4 is 24.8 Å². The Bertz CT molecular complexity index is 812. The second-order valence-electron chi connectivity index (χ2n) is 5.38. The summed E-state index contributed by atoms with van der Waals surface area (Å²) in [6, 6.07) is 10.8. The molecule has 3 rings (SSSR count). The van der Waals surface area contributed by atoms with Crippen LogP contribution in [0.2, 0.25) is 0 Å². The summed E-state index contributed by atoms with van der Waals surface area (Å²) in [5.74, 6) is -0.0495. The van der Waals surface area contributed by atoms with Crippen molar-refractivity contribution in [3.63, 3.8) is 0 Å². The zero-order valence-electron chi connectivity index (χ0n) is 13.8. The molecular weight excluding hydrogens is 343 g/mol. The van der Waals surface area contributed by atoms with Crippen LogP contribution in [0.4, 0.5) is 4.39 Å². The van der Waals surface area contributed by atoms with Crippen LogP contribution in [-0.2, 0) is 4.79 Å². The van der Waals surface area contributed by atoms with Gasteiger partial charge in [-0.3, -0.25) is 9.59 Å². The molecule has 2 aromatic carbocycles. The molecule has 1 aliphatic heterocycles. The predicted molar refractivity (Wildman–Crippen MR) is 89.8 cm³/mol. The van der Waals surface area contributed by atoms with Gasteiger partial charge in [-0.15, -0.1) is 0 Å². The third kappa shape index (κ3) is 4.41. The summed E-state index contributed by atoms with van der Waals surface area (Å²) in [4.78, 5) is 23.8. The number of rotatable bonds is 7. The van der Waals surface area contributed by atoms with Gasteiger partial charge in [-0.2, -0.15) is 0 Å². The lowest BCUT2D eigenvalue weighted by Crippen LogP contribution is -2.38. The van der Waals surface area contributed by atoms with Crippen LogP contribution in [0.3, 0.4) is 0 Å². The molecule has 0 aliphatic carbocycles. The van der Waals surface area contributed by atoms with E-state index in [1.807, 2.05) is 0 Å². The summed E-state index contributed by atoms with van der Waals surface area (Å²) in [6.45, 7) is 0.237. The van der Waals surface area contributed by atoms with Gasteiger partial charge in [-0.05, 0) is 30.3 Å². The third-order valence-corrected chi connectivity index (χ3v) is 3.56. The second kappa shape index (κ2) is 8.19. The highest BCUT2D eigenvalue weighted by atomic mass is 19.1. The number of ether oxygens (including phenoxy) is 3. The molecule has 0 saturated heterocycles. The zero-order chi connectivity index (χ0) is 18.4. The molecule has 0 radical (unpaired) electrons. The monoisotopic (exact) mass is 360 g/mol. The maximum Gasteiger partial charge on any atom is 0.251 e. The summed E-state index contributed by atoms with van der Waals surface area (Å²) in [5.41, 5.74) is 0.366. The summed E-state index contributed by atoms with van der Waals surface area (Å²) in [5, 5.41) is 5.08. The van der Waals surface area contributed by atoms with E-state index in [2.05, 4.69) is 10.6 Å². The van der Waals surface area contributed by atoms with Crippen molar-refractivity contribution in [1.29, 1.82) is 0 Å². The Morgan fingerprint density at radius 3 is 2.73 bits per heavy atom. The molecule has 0 fully saturated rings. The lowest BCUT2D eigenvalue weighted by atomic mass is 10.2. The van der Waals surface area contributed by atoms with Crippen LogP contribution in [0.25, 0.3) is 0 Å². The topological polar surface area (TPSA) is 85.9 Å². The number of para-hydroxylation sites is 1. The summed E-state index contributed by atoms with van der Waals surface area (Å²) >= 11 is 0. The van der Waals surface area contributed by atoms with Gasteiger partial charge < -0.3 is 24.8 Å². The van der Waals surface area contributed by atoms with Crippen LogP contribution in [0.5, 0.6) is 17.2 Å². The number of hydrogen-bond donors (Lipinski definition) is 2. The molecule has 0 spiro atoms. The van der Waals surface area contributed by atoms with E-state index in [0.29, 0.717) is 17.1 Å². The fourth-order valence-corrected chi connectivity index (χ4v) is 2.28. The SMILES string of the molecule is O=C(CNC(=O)c1ccc2c(c1)OCO2)NCCOc1ccccc1F. The molecule has 0 saturated carbocycles. The standard InChI is InChI=1S/C18H17FN2O5/c19-13-3-1-2-4-14(13)24-8-7-20-17(22)10-21-18(23)12-5-6-15-16(9-12)26-11-25-15/h1-6,9H,7-8,10-11H2,(H,20,22)(H,21,23). The van der Waals surface area contributed by atoms with E-state index in [-0.39, 0.29) is 38.1 Å². The summed E-state index contributed by atoms with van der Waals surface area (Å²) in [6.07, 6.45) is 0. The van der Waals surface area contributed by atoms with Gasteiger partial charge >= 0.3 is 0 Å². The smallest absolute Gasteiger partial charge is 0.251 e. The number of carbonyl (C=O) groups excluding carboxylic acids is 2. The predicted octanol–water partition coefficient (Wildman–Crippen LogP) is 1.48. The Kier molecular flexibility index (Phi) is 5.52. The van der Waals surface area contributed by atoms with Gasteiger partial charge in [0.2, 0.25) is 12.7 Å². The minimum atomic E-state index is -0.463. The van der Waals surface area contributed by atoms with Crippen molar-refractivity contribution >= 4 is 11.8 Å². The Morgan fingerprint density at radius 1 is 1.08 bits per heavy atom. The molecule has 0 unspecified atom stereocenters. The van der Waals surface area contributed by atoms with Gasteiger partial charge in [0.25, 0.3) is 5.91 Å². The first-order valence-corrected chi connectivity index (χ1v) is 7.95. The largest absolute Gasteiger partial charge is 0.489 e. The van der Waals surface area contributed by atoms with Gasteiger partial charge in [0, 0.05) is 5.56 Å². The molecule has 8 heteroatoms. The Morgan fingerprint density at radius 2 is 1.88 bits per heavy atom. The average Bonchev–Trinajstić information content (AvgIpc) is 3.12. The van der Waals surface area contributed by atoms with Crippen LogP contribution in [0, 0.1) is 5.82 Å². The molecule has 1 aliphatic rings. The van der Waals surface area contributed by atoms with Crippen molar-refractivity contribution in [2.75, 3.05) is 26.5 Å². The average molecular weight is 360 g/mol. The minimum absolute atomic E-state index is 0.114. The fourth-order valence-electron chi connectivity index (χ4n) is 2.28. The maximum atomic E-state index is 13.4. The number of benzene rings is 2. The molecule has 2 aromatic rings. The van der Waals surface area contributed by atoms with E-state index in [4.69, 9.17) is 14.2 Å². The highest BCUT2D eigenvalue weighted by molar-refractivity contribution is 5.97. The Labute approximate surface area is 149 Å². The molecule has 2 N–H and O–H groups in total. The molecule has 2 amide bonds. The maximum absolute atomic E-state index is 13.4. The third-order valence-electron chi connectivity index (χ3n) is 3.56. The lowest BCUT2D eigenvalue weighted by Gasteiger charge is -2.09. The van der Waals surface area contributed by atoms with E-state index in [1.54, 1.807) is 30.3 Å². The molecule has 0 aromatic heterocycles. The van der Waals surface area contributed by atoms with Gasteiger partial charge in [-0.1, -0.05) is 12.1 Å². The van der Waals surface area contributed by atoms with Crippen molar-refractivity contribution < 1.29 is 28.2 Å². The molecule has 0 atom stereocenters. The Hall–Kier alpha value is -3.29. The zero-order valence-corrected chi connectivity index (χ0v) is 13.8. The molecular formula is C18H17FN2O5. The molecule has 0 bridgehead atoms. The Balaban J connectivity index is 1.37. The molecule has 136 valence electrons. The van der Waals surface area contributed by atoms with E-state index < -0.39 is 11.7 Å². The van der Waals surface area contributed by atoms with Gasteiger partial charge in [0.15, 0.2) is 23.1 Å². The van der Waals surface area contributed by atoms with E-state index in [9.17, 15) is 14.0 Å². The highest BCUT2D eigenvalue weighted by Crippen LogP contribution is 2.32. The normalized spacial score (nSPS) is 11.7. The van der Waals surface area contributed by atoms with Crippen molar-refractivity contribution in [1.82, 2.24) is 10.6 Å². The molecule has 7 nitrogen and oxygen atoms in total. The van der Waals surface area contributed by atoms with E-state index >= 15 is 0 Å². The quantitative estimate of drug-likeness (QED) is 0.731. The van der Waals surface area contributed by atoms with Crippen molar-refractivity contribution in [3.05, 3.63) is 53.8 Å². The lowest BCUT2D eigenvalue weighted by molar-refractivity contribution is -0.120. The second-order valence-corrected chi connectivity index (χ2v) is 5.38. The van der Waals surface area contributed by atoms with E-state index in [1.165, 1.54) is 12.1 Å². The molecule has 1 heterocycles. The number of halogens is 1. The van der Waals surface area contributed by atoms with Crippen LogP contribution in [-0.4, -0.2) is 38.3 Å². The number of carbonyl (C=O) groups is 2. The number of hydrogen-bond acceptors (Lipinski definition) is 5. The fraction of sp³-hybridized carbons (Fsp3) is 0.222. The summed E-state index contributed by atoms with van der Waals surface area (Å²) in [7, 11) is 0. The first-order chi connectivity index (χ1) is 12.6. The van der Waals surface area contributed by atoms with Crippen molar-refractivity contribution in [2.24, 2.45) is 0 Å². The van der Waals surface area contributed by atoms with Gasteiger partial charge in [0.1, 0.15) is 6.61 Å². The van der Waals surface area contributed by atoms with Crippen LogP contribution in [0.15, 0.2) is 42.5 Å². The molecule has 26 heavy (non-hydrogen) atoms. The number of amides is 2. The van der Waals surface area contributed by atoms with Crippen molar-refractivity contribution in [2.45, 2.75) is 0 Å². The van der Waals surface area contributed by atoms with Crippen molar-refractivity contribution in [3.8, 4) is 17.2 Å². The highest BCUT2D eigenvalue weighted by Gasteiger charge is 2.16.